The summed E-state index contributed by atoms with van der Waals surface area (Å²) in [6, 6.07) is 0. The van der Waals surface area contributed by atoms with Gasteiger partial charge in [-0.3, -0.25) is 0 Å². The summed E-state index contributed by atoms with van der Waals surface area (Å²) < 4.78 is 0. The van der Waals surface area contributed by atoms with E-state index >= 15 is 0 Å². The van der Waals surface area contributed by atoms with Crippen LogP contribution in [0.4, 0.5) is 0 Å². The van der Waals surface area contributed by atoms with Crippen LogP contribution in [-0.4, -0.2) is 18.4 Å². The lowest BCUT2D eigenvalue weighted by atomic mass is 9.77. The van der Waals surface area contributed by atoms with Crippen LogP contribution in [0, 0.1) is 5.92 Å². The molecule has 0 spiro atoms. The van der Waals surface area contributed by atoms with Crippen molar-refractivity contribution in [3.05, 3.63) is 0 Å². The third-order valence-corrected chi connectivity index (χ3v) is 3.47. The lowest BCUT2D eigenvalue weighted by molar-refractivity contribution is -0.107. The molecule has 14 heavy (non-hydrogen) atoms. The predicted octanol–water partition coefficient (Wildman–Crippen LogP) is 2.52. The third-order valence-electron chi connectivity index (χ3n) is 3.47. The lowest BCUT2D eigenvalue weighted by Gasteiger charge is -2.38. The van der Waals surface area contributed by atoms with E-state index in [4.69, 9.17) is 0 Å². The summed E-state index contributed by atoms with van der Waals surface area (Å²) in [5.41, 5.74) is 0.212. The molecule has 0 heterocycles. The second-order valence-corrected chi connectivity index (χ2v) is 4.94. The summed E-state index contributed by atoms with van der Waals surface area (Å²) in [6.45, 7) is 5.37. The number of carbonyl (C=O) groups excluding carboxylic acids is 1. The van der Waals surface area contributed by atoms with Crippen molar-refractivity contribution >= 4 is 6.29 Å². The second-order valence-electron chi connectivity index (χ2n) is 4.94. The van der Waals surface area contributed by atoms with Gasteiger partial charge in [0, 0.05) is 18.5 Å². The molecule has 0 aliphatic heterocycles. The third kappa shape index (κ3) is 3.41. The number of hydrogen-bond donors (Lipinski definition) is 1. The average Bonchev–Trinajstić information content (AvgIpc) is 2.19. The molecule has 2 heteroatoms. The minimum Gasteiger partial charge on any atom is -0.311 e. The Bertz CT molecular complexity index is 171. The van der Waals surface area contributed by atoms with Crippen LogP contribution in [0.1, 0.15) is 52.4 Å². The molecule has 0 aromatic heterocycles. The quantitative estimate of drug-likeness (QED) is 0.542. The summed E-state index contributed by atoms with van der Waals surface area (Å²) in [4.78, 5) is 10.2. The Hall–Kier alpha value is -0.370. The van der Waals surface area contributed by atoms with E-state index in [1.54, 1.807) is 0 Å². The Labute approximate surface area is 87.5 Å². The molecular weight excluding hydrogens is 174 g/mol. The van der Waals surface area contributed by atoms with Gasteiger partial charge in [-0.15, -0.1) is 0 Å². The Kier molecular flexibility index (Phi) is 4.59. The van der Waals surface area contributed by atoms with E-state index in [0.717, 1.165) is 18.7 Å². The van der Waals surface area contributed by atoms with Gasteiger partial charge in [-0.05, 0) is 32.6 Å². The summed E-state index contributed by atoms with van der Waals surface area (Å²) >= 11 is 0. The largest absolute Gasteiger partial charge is 0.311 e. The van der Waals surface area contributed by atoms with Crippen LogP contribution in [0.25, 0.3) is 0 Å². The minimum atomic E-state index is 0.212. The van der Waals surface area contributed by atoms with E-state index in [0.29, 0.717) is 6.42 Å². The Balaban J connectivity index is 2.33. The van der Waals surface area contributed by atoms with Crippen molar-refractivity contribution in [1.82, 2.24) is 5.32 Å². The lowest BCUT2D eigenvalue weighted by Crippen LogP contribution is -2.47. The van der Waals surface area contributed by atoms with Gasteiger partial charge in [-0.1, -0.05) is 19.3 Å². The van der Waals surface area contributed by atoms with E-state index in [2.05, 4.69) is 19.2 Å². The molecule has 1 N–H and O–H groups in total. The molecular formula is C12H23NO. The Morgan fingerprint density at radius 3 is 2.50 bits per heavy atom. The topological polar surface area (TPSA) is 29.1 Å². The summed E-state index contributed by atoms with van der Waals surface area (Å²) in [5, 5.41) is 3.50. The molecule has 0 aromatic rings. The van der Waals surface area contributed by atoms with Gasteiger partial charge in [-0.25, -0.2) is 0 Å². The van der Waals surface area contributed by atoms with Crippen LogP contribution in [0.15, 0.2) is 0 Å². The van der Waals surface area contributed by atoms with Crippen molar-refractivity contribution in [3.8, 4) is 0 Å². The maximum Gasteiger partial charge on any atom is 0.121 e. The predicted molar refractivity (Wildman–Crippen MR) is 59.3 cm³/mol. The van der Waals surface area contributed by atoms with E-state index in [1.807, 2.05) is 0 Å². The number of hydrogen-bond acceptors (Lipinski definition) is 2. The number of carbonyl (C=O) groups is 1. The minimum absolute atomic E-state index is 0.212. The van der Waals surface area contributed by atoms with Crippen LogP contribution >= 0.6 is 0 Å². The van der Waals surface area contributed by atoms with Crippen molar-refractivity contribution in [3.63, 3.8) is 0 Å². The highest BCUT2D eigenvalue weighted by Crippen LogP contribution is 2.32. The van der Waals surface area contributed by atoms with Gasteiger partial charge < -0.3 is 10.1 Å². The summed E-state index contributed by atoms with van der Waals surface area (Å²) in [6.07, 6.45) is 8.48. The summed E-state index contributed by atoms with van der Waals surface area (Å²) in [5.74, 6) is 0.794. The monoisotopic (exact) mass is 197 g/mol. The molecule has 0 unspecified atom stereocenters. The van der Waals surface area contributed by atoms with Crippen molar-refractivity contribution < 1.29 is 4.79 Å². The first-order chi connectivity index (χ1) is 6.67. The molecule has 1 aliphatic carbocycles. The van der Waals surface area contributed by atoms with Gasteiger partial charge in [0.05, 0.1) is 0 Å². The van der Waals surface area contributed by atoms with Gasteiger partial charge in [0.25, 0.3) is 0 Å². The van der Waals surface area contributed by atoms with E-state index < -0.39 is 0 Å². The fourth-order valence-corrected chi connectivity index (χ4v) is 2.42. The summed E-state index contributed by atoms with van der Waals surface area (Å²) in [7, 11) is 0. The highest BCUT2D eigenvalue weighted by molar-refractivity contribution is 5.49. The number of rotatable bonds is 5. The molecule has 0 radical (unpaired) electrons. The van der Waals surface area contributed by atoms with Crippen molar-refractivity contribution in [2.24, 2.45) is 5.92 Å². The molecule has 1 aliphatic rings. The molecule has 0 saturated heterocycles. The van der Waals surface area contributed by atoms with Crippen molar-refractivity contribution in [1.29, 1.82) is 0 Å². The van der Waals surface area contributed by atoms with Crippen LogP contribution in [0.2, 0.25) is 0 Å². The average molecular weight is 197 g/mol. The standard InChI is InChI=1S/C12H23NO/c1-12(2,13-9-6-10-14)11-7-4-3-5-8-11/h10-11,13H,3-9H2,1-2H3. The second kappa shape index (κ2) is 5.50. The fraction of sp³-hybridized carbons (Fsp3) is 0.917. The number of aldehydes is 1. The zero-order valence-corrected chi connectivity index (χ0v) is 9.51. The first kappa shape index (κ1) is 11.7. The molecule has 0 aromatic carbocycles. The fourth-order valence-electron chi connectivity index (χ4n) is 2.42. The normalized spacial score (nSPS) is 19.6. The van der Waals surface area contributed by atoms with Crippen LogP contribution < -0.4 is 5.32 Å². The molecule has 1 fully saturated rings. The van der Waals surface area contributed by atoms with Crippen molar-refractivity contribution in [2.45, 2.75) is 57.9 Å². The first-order valence-electron chi connectivity index (χ1n) is 5.85. The Morgan fingerprint density at radius 2 is 1.93 bits per heavy atom. The highest BCUT2D eigenvalue weighted by atomic mass is 16.1. The van der Waals surface area contributed by atoms with Gasteiger partial charge in [0.1, 0.15) is 6.29 Å². The SMILES string of the molecule is CC(C)(NCCC=O)C1CCCCC1. The molecule has 0 atom stereocenters. The molecule has 1 saturated carbocycles. The van der Waals surface area contributed by atoms with Crippen molar-refractivity contribution in [2.75, 3.05) is 6.54 Å². The Morgan fingerprint density at radius 1 is 1.29 bits per heavy atom. The molecule has 2 nitrogen and oxygen atoms in total. The van der Waals surface area contributed by atoms with Crippen LogP contribution in [0.5, 0.6) is 0 Å². The maximum absolute atomic E-state index is 10.2. The van der Waals surface area contributed by atoms with Gasteiger partial charge >= 0.3 is 0 Å². The first-order valence-corrected chi connectivity index (χ1v) is 5.85. The van der Waals surface area contributed by atoms with E-state index in [9.17, 15) is 4.79 Å². The van der Waals surface area contributed by atoms with Crippen LogP contribution in [0.3, 0.4) is 0 Å². The zero-order valence-electron chi connectivity index (χ0n) is 9.51. The smallest absolute Gasteiger partial charge is 0.121 e. The van der Waals surface area contributed by atoms with E-state index in [-0.39, 0.29) is 5.54 Å². The molecule has 0 amide bonds. The molecule has 1 rings (SSSR count). The van der Waals surface area contributed by atoms with Gasteiger partial charge in [0.15, 0.2) is 0 Å². The molecule has 0 bridgehead atoms. The number of nitrogens with one attached hydrogen (secondary N) is 1. The highest BCUT2D eigenvalue weighted by Gasteiger charge is 2.29. The van der Waals surface area contributed by atoms with Crippen LogP contribution in [-0.2, 0) is 4.79 Å². The molecule has 82 valence electrons. The zero-order chi connectivity index (χ0) is 10.4. The maximum atomic E-state index is 10.2. The van der Waals surface area contributed by atoms with E-state index in [1.165, 1.54) is 32.1 Å². The van der Waals surface area contributed by atoms with Gasteiger partial charge in [-0.2, -0.15) is 0 Å². The van der Waals surface area contributed by atoms with Gasteiger partial charge in [0.2, 0.25) is 0 Å².